The van der Waals surface area contributed by atoms with Crippen LogP contribution in [-0.4, -0.2) is 11.5 Å². The van der Waals surface area contributed by atoms with Gasteiger partial charge in [0.1, 0.15) is 5.82 Å². The maximum Gasteiger partial charge on any atom is 0.149 e. The Kier molecular flexibility index (Phi) is 4.05. The third-order valence-electron chi connectivity index (χ3n) is 2.67. The fourth-order valence-electron chi connectivity index (χ4n) is 1.72. The summed E-state index contributed by atoms with van der Waals surface area (Å²) in [5.74, 6) is 0.745. The Bertz CT molecular complexity index is 523. The van der Waals surface area contributed by atoms with Crippen molar-refractivity contribution in [3.8, 4) is 0 Å². The zero-order valence-electron chi connectivity index (χ0n) is 10.3. The maximum atomic E-state index is 5.88. The molecule has 3 N–H and O–H groups in total. The van der Waals surface area contributed by atoms with Gasteiger partial charge in [-0.3, -0.25) is 0 Å². The smallest absolute Gasteiger partial charge is 0.149 e. The average Bonchev–Trinajstić information content (AvgIpc) is 2.34. The highest BCUT2D eigenvalue weighted by Crippen LogP contribution is 2.16. The second-order valence-corrected chi connectivity index (χ2v) is 4.69. The first-order chi connectivity index (χ1) is 8.65. The Labute approximate surface area is 112 Å². The summed E-state index contributed by atoms with van der Waals surface area (Å²) in [7, 11) is 0. The van der Waals surface area contributed by atoms with Gasteiger partial charge in [0.15, 0.2) is 0 Å². The van der Waals surface area contributed by atoms with Crippen molar-refractivity contribution in [2.75, 3.05) is 17.6 Å². The molecule has 0 atom stereocenters. The van der Waals surface area contributed by atoms with E-state index in [9.17, 15) is 0 Å². The zero-order valence-corrected chi connectivity index (χ0v) is 11.0. The number of nitrogens with one attached hydrogen (secondary N) is 1. The minimum Gasteiger partial charge on any atom is -0.396 e. The number of hydrogen-bond acceptors (Lipinski definition) is 3. The van der Waals surface area contributed by atoms with Gasteiger partial charge in [-0.15, -0.1) is 0 Å². The third kappa shape index (κ3) is 3.37. The van der Waals surface area contributed by atoms with Crippen LogP contribution < -0.4 is 11.1 Å². The number of pyridine rings is 1. The van der Waals surface area contributed by atoms with E-state index in [1.807, 2.05) is 37.3 Å². The first-order valence-corrected chi connectivity index (χ1v) is 6.23. The molecule has 0 aliphatic heterocycles. The Morgan fingerprint density at radius 3 is 2.67 bits per heavy atom. The normalized spacial score (nSPS) is 10.3. The molecule has 0 bridgehead atoms. The summed E-state index contributed by atoms with van der Waals surface area (Å²) in [6, 6.07) is 9.76. The van der Waals surface area contributed by atoms with E-state index in [0.717, 1.165) is 29.4 Å². The van der Waals surface area contributed by atoms with E-state index in [2.05, 4.69) is 10.3 Å². The van der Waals surface area contributed by atoms with Crippen LogP contribution in [0.5, 0.6) is 0 Å². The minimum absolute atomic E-state index is 0.686. The lowest BCUT2D eigenvalue weighted by Crippen LogP contribution is -2.08. The molecular weight excluding hydrogens is 246 g/mol. The number of aromatic nitrogens is 1. The molecule has 0 amide bonds. The summed E-state index contributed by atoms with van der Waals surface area (Å²) in [6.45, 7) is 2.77. The summed E-state index contributed by atoms with van der Waals surface area (Å²) in [6.07, 6.45) is 2.72. The second-order valence-electron chi connectivity index (χ2n) is 4.25. The highest BCUT2D eigenvalue weighted by Gasteiger charge is 2.00. The molecule has 0 radical (unpaired) electrons. The van der Waals surface area contributed by atoms with E-state index in [1.54, 1.807) is 6.20 Å². The van der Waals surface area contributed by atoms with Crippen molar-refractivity contribution in [2.45, 2.75) is 13.3 Å². The molecule has 0 saturated carbocycles. The van der Waals surface area contributed by atoms with E-state index < -0.39 is 0 Å². The molecule has 94 valence electrons. The molecule has 0 saturated heterocycles. The lowest BCUT2D eigenvalue weighted by atomic mass is 10.1. The van der Waals surface area contributed by atoms with Gasteiger partial charge in [-0.2, -0.15) is 0 Å². The van der Waals surface area contributed by atoms with Crippen LogP contribution in [0, 0.1) is 6.92 Å². The van der Waals surface area contributed by atoms with E-state index in [0.29, 0.717) is 5.69 Å². The van der Waals surface area contributed by atoms with Crippen LogP contribution in [0.4, 0.5) is 11.5 Å². The molecule has 1 aromatic carbocycles. The number of nitrogens with zero attached hydrogens (tertiary/aromatic N) is 1. The van der Waals surface area contributed by atoms with Gasteiger partial charge < -0.3 is 11.1 Å². The van der Waals surface area contributed by atoms with E-state index in [1.165, 1.54) is 5.56 Å². The number of anilines is 2. The summed E-state index contributed by atoms with van der Waals surface area (Å²) in [5.41, 5.74) is 8.86. The molecule has 0 aliphatic carbocycles. The van der Waals surface area contributed by atoms with Crippen molar-refractivity contribution in [2.24, 2.45) is 0 Å². The van der Waals surface area contributed by atoms with Crippen molar-refractivity contribution in [1.29, 1.82) is 0 Å². The Morgan fingerprint density at radius 2 is 2.00 bits per heavy atom. The van der Waals surface area contributed by atoms with Crippen molar-refractivity contribution >= 4 is 23.1 Å². The van der Waals surface area contributed by atoms with Crippen LogP contribution in [0.3, 0.4) is 0 Å². The monoisotopic (exact) mass is 261 g/mol. The lowest BCUT2D eigenvalue weighted by Gasteiger charge is -2.08. The molecule has 0 aliphatic rings. The standard InChI is InChI=1S/C14H16ClN3/c1-10-8-13(16)14(18-9-10)17-7-6-11-2-4-12(15)5-3-11/h2-5,8-9H,6-7,16H2,1H3,(H,17,18). The lowest BCUT2D eigenvalue weighted by molar-refractivity contribution is 1.01. The molecule has 1 heterocycles. The van der Waals surface area contributed by atoms with Crippen molar-refractivity contribution in [3.63, 3.8) is 0 Å². The third-order valence-corrected chi connectivity index (χ3v) is 2.93. The number of hydrogen-bond donors (Lipinski definition) is 2. The average molecular weight is 262 g/mol. The summed E-state index contributed by atoms with van der Waals surface area (Å²) in [4.78, 5) is 4.27. The fourth-order valence-corrected chi connectivity index (χ4v) is 1.84. The van der Waals surface area contributed by atoms with E-state index >= 15 is 0 Å². The molecular formula is C14H16ClN3. The number of nitrogens with two attached hydrogens (primary N) is 1. The van der Waals surface area contributed by atoms with Crippen molar-refractivity contribution in [3.05, 3.63) is 52.7 Å². The predicted molar refractivity (Wildman–Crippen MR) is 77.0 cm³/mol. The largest absolute Gasteiger partial charge is 0.396 e. The van der Waals surface area contributed by atoms with Gasteiger partial charge in [0.25, 0.3) is 0 Å². The first-order valence-electron chi connectivity index (χ1n) is 5.85. The predicted octanol–water partition coefficient (Wildman–Crippen LogP) is 3.28. The zero-order chi connectivity index (χ0) is 13.0. The molecule has 3 nitrogen and oxygen atoms in total. The Balaban J connectivity index is 1.90. The molecule has 0 fully saturated rings. The topological polar surface area (TPSA) is 50.9 Å². The van der Waals surface area contributed by atoms with Gasteiger partial charge >= 0.3 is 0 Å². The van der Waals surface area contributed by atoms with Gasteiger partial charge in [-0.1, -0.05) is 23.7 Å². The van der Waals surface area contributed by atoms with Crippen LogP contribution in [0.1, 0.15) is 11.1 Å². The van der Waals surface area contributed by atoms with Gasteiger partial charge in [0, 0.05) is 17.8 Å². The second kappa shape index (κ2) is 5.74. The van der Waals surface area contributed by atoms with Crippen LogP contribution >= 0.6 is 11.6 Å². The van der Waals surface area contributed by atoms with Crippen molar-refractivity contribution < 1.29 is 0 Å². The maximum absolute atomic E-state index is 5.88. The number of aryl methyl sites for hydroxylation is 1. The Morgan fingerprint density at radius 1 is 1.28 bits per heavy atom. The molecule has 18 heavy (non-hydrogen) atoms. The molecule has 1 aromatic heterocycles. The van der Waals surface area contributed by atoms with E-state index in [-0.39, 0.29) is 0 Å². The summed E-state index contributed by atoms with van der Waals surface area (Å²) >= 11 is 5.84. The van der Waals surface area contributed by atoms with Gasteiger partial charge in [0.05, 0.1) is 5.69 Å². The number of nitrogen functional groups attached to an aromatic ring is 1. The molecule has 2 rings (SSSR count). The molecule has 0 unspecified atom stereocenters. The van der Waals surface area contributed by atoms with Crippen LogP contribution in [0.25, 0.3) is 0 Å². The Hall–Kier alpha value is -1.74. The minimum atomic E-state index is 0.686. The molecule has 0 spiro atoms. The van der Waals surface area contributed by atoms with Crippen LogP contribution in [0.2, 0.25) is 5.02 Å². The first kappa shape index (κ1) is 12.7. The van der Waals surface area contributed by atoms with Gasteiger partial charge in [-0.25, -0.2) is 4.98 Å². The summed E-state index contributed by atoms with van der Waals surface area (Å²) < 4.78 is 0. The number of rotatable bonds is 4. The quantitative estimate of drug-likeness (QED) is 0.888. The van der Waals surface area contributed by atoms with Crippen LogP contribution in [0.15, 0.2) is 36.5 Å². The van der Waals surface area contributed by atoms with E-state index in [4.69, 9.17) is 17.3 Å². The van der Waals surface area contributed by atoms with Crippen LogP contribution in [-0.2, 0) is 6.42 Å². The number of benzene rings is 1. The highest BCUT2D eigenvalue weighted by molar-refractivity contribution is 6.30. The SMILES string of the molecule is Cc1cnc(NCCc2ccc(Cl)cc2)c(N)c1. The number of halogens is 1. The molecule has 4 heteroatoms. The molecule has 2 aromatic rings. The highest BCUT2D eigenvalue weighted by atomic mass is 35.5. The fraction of sp³-hybridized carbons (Fsp3) is 0.214. The summed E-state index contributed by atoms with van der Waals surface area (Å²) in [5, 5.41) is 3.99. The van der Waals surface area contributed by atoms with Gasteiger partial charge in [0.2, 0.25) is 0 Å². The van der Waals surface area contributed by atoms with Crippen molar-refractivity contribution in [1.82, 2.24) is 4.98 Å². The van der Waals surface area contributed by atoms with Gasteiger partial charge in [-0.05, 0) is 42.7 Å².